The average molecular weight is 410 g/mol. The van der Waals surface area contributed by atoms with Crippen LogP contribution in [0.1, 0.15) is 23.1 Å². The zero-order valence-electron chi connectivity index (χ0n) is 14.9. The fourth-order valence-electron chi connectivity index (χ4n) is 3.14. The molecular weight excluding hydrogens is 396 g/mol. The van der Waals surface area contributed by atoms with Gasteiger partial charge in [-0.25, -0.2) is 9.80 Å². The van der Waals surface area contributed by atoms with Crippen LogP contribution in [0.25, 0.3) is 11.7 Å². The van der Waals surface area contributed by atoms with Gasteiger partial charge in [-0.3, -0.25) is 4.79 Å². The summed E-state index contributed by atoms with van der Waals surface area (Å²) in [7, 11) is 0. The maximum Gasteiger partial charge on any atom is 0.437 e. The highest BCUT2D eigenvalue weighted by Crippen LogP contribution is 2.34. The van der Waals surface area contributed by atoms with Gasteiger partial charge in [0.05, 0.1) is 23.1 Å². The SMILES string of the molecule is O=C(Cn1nc(-c2ccco2)oc1=O)N1N=C(c2cccs2)CC1c1ccco1. The molecule has 10 heteroatoms. The number of aromatic nitrogens is 2. The van der Waals surface area contributed by atoms with Crippen molar-refractivity contribution in [1.29, 1.82) is 0 Å². The van der Waals surface area contributed by atoms with Crippen LogP contribution in [0.3, 0.4) is 0 Å². The summed E-state index contributed by atoms with van der Waals surface area (Å²) in [5.74, 6) is -0.210. The number of amides is 1. The molecular formula is C19H14N4O5S. The third-order valence-electron chi connectivity index (χ3n) is 4.47. The van der Waals surface area contributed by atoms with Crippen LogP contribution in [0.4, 0.5) is 0 Å². The fourth-order valence-corrected chi connectivity index (χ4v) is 3.86. The van der Waals surface area contributed by atoms with Crippen molar-refractivity contribution >= 4 is 23.0 Å². The Morgan fingerprint density at radius 1 is 1.17 bits per heavy atom. The molecule has 4 aromatic heterocycles. The van der Waals surface area contributed by atoms with Gasteiger partial charge in [0, 0.05) is 6.42 Å². The number of rotatable bonds is 5. The molecule has 0 aromatic carbocycles. The Balaban J connectivity index is 1.43. The van der Waals surface area contributed by atoms with Crippen LogP contribution in [-0.4, -0.2) is 26.4 Å². The quantitative estimate of drug-likeness (QED) is 0.500. The number of carbonyl (C=O) groups is 1. The van der Waals surface area contributed by atoms with Crippen LogP contribution in [0.5, 0.6) is 0 Å². The Morgan fingerprint density at radius 3 is 2.76 bits per heavy atom. The fraction of sp³-hybridized carbons (Fsp3) is 0.158. The Hall–Kier alpha value is -3.66. The summed E-state index contributed by atoms with van der Waals surface area (Å²) >= 11 is 1.55. The molecule has 1 unspecified atom stereocenters. The number of hydrogen-bond acceptors (Lipinski definition) is 8. The lowest BCUT2D eigenvalue weighted by atomic mass is 10.1. The van der Waals surface area contributed by atoms with E-state index in [1.54, 1.807) is 41.9 Å². The molecule has 0 fully saturated rings. The normalized spacial score (nSPS) is 16.3. The van der Waals surface area contributed by atoms with Gasteiger partial charge in [0.1, 0.15) is 18.3 Å². The van der Waals surface area contributed by atoms with Gasteiger partial charge in [0.15, 0.2) is 5.76 Å². The van der Waals surface area contributed by atoms with Gasteiger partial charge in [-0.2, -0.15) is 9.78 Å². The summed E-state index contributed by atoms with van der Waals surface area (Å²) < 4.78 is 16.7. The Morgan fingerprint density at radius 2 is 2.03 bits per heavy atom. The molecule has 1 amide bonds. The van der Waals surface area contributed by atoms with Crippen LogP contribution in [0.2, 0.25) is 0 Å². The molecule has 0 saturated carbocycles. The van der Waals surface area contributed by atoms with E-state index in [-0.39, 0.29) is 18.5 Å². The molecule has 0 aliphatic carbocycles. The van der Waals surface area contributed by atoms with Crippen molar-refractivity contribution in [2.24, 2.45) is 5.10 Å². The second kappa shape index (κ2) is 7.06. The number of thiophene rings is 1. The van der Waals surface area contributed by atoms with E-state index in [1.165, 1.54) is 11.3 Å². The third kappa shape index (κ3) is 3.23. The first-order valence-electron chi connectivity index (χ1n) is 8.77. The molecule has 146 valence electrons. The standard InChI is InChI=1S/C19H14N4O5S/c24-17(11-22-19(25)28-18(21-22)15-5-2-8-27-15)23-13(14-4-1-7-26-14)10-12(20-23)16-6-3-9-29-16/h1-9,13H,10-11H2. The summed E-state index contributed by atoms with van der Waals surface area (Å²) in [5.41, 5.74) is 0.790. The first-order valence-corrected chi connectivity index (χ1v) is 9.65. The van der Waals surface area contributed by atoms with E-state index in [9.17, 15) is 9.59 Å². The van der Waals surface area contributed by atoms with E-state index in [2.05, 4.69) is 10.2 Å². The van der Waals surface area contributed by atoms with E-state index in [1.807, 2.05) is 17.5 Å². The molecule has 1 aliphatic rings. The molecule has 0 spiro atoms. The summed E-state index contributed by atoms with van der Waals surface area (Å²) in [6.07, 6.45) is 3.52. The van der Waals surface area contributed by atoms with Gasteiger partial charge in [-0.1, -0.05) is 6.07 Å². The van der Waals surface area contributed by atoms with Crippen molar-refractivity contribution < 1.29 is 18.0 Å². The highest BCUT2D eigenvalue weighted by atomic mass is 32.1. The van der Waals surface area contributed by atoms with Crippen molar-refractivity contribution in [3.63, 3.8) is 0 Å². The van der Waals surface area contributed by atoms with Crippen LogP contribution in [0, 0.1) is 0 Å². The van der Waals surface area contributed by atoms with E-state index >= 15 is 0 Å². The molecule has 5 rings (SSSR count). The van der Waals surface area contributed by atoms with Gasteiger partial charge < -0.3 is 13.3 Å². The zero-order valence-corrected chi connectivity index (χ0v) is 15.7. The summed E-state index contributed by atoms with van der Waals surface area (Å²) in [5, 5.41) is 11.9. The van der Waals surface area contributed by atoms with Crippen molar-refractivity contribution in [2.45, 2.75) is 19.0 Å². The van der Waals surface area contributed by atoms with E-state index < -0.39 is 11.7 Å². The molecule has 5 heterocycles. The lowest BCUT2D eigenvalue weighted by Gasteiger charge is -2.19. The summed E-state index contributed by atoms with van der Waals surface area (Å²) in [6.45, 7) is -0.318. The van der Waals surface area contributed by atoms with Crippen LogP contribution in [-0.2, 0) is 11.3 Å². The highest BCUT2D eigenvalue weighted by molar-refractivity contribution is 7.12. The lowest BCUT2D eigenvalue weighted by Crippen LogP contribution is -2.33. The molecule has 0 N–H and O–H groups in total. The van der Waals surface area contributed by atoms with Gasteiger partial charge in [0.2, 0.25) is 0 Å². The minimum Gasteiger partial charge on any atom is -0.467 e. The zero-order chi connectivity index (χ0) is 19.8. The topological polar surface area (TPSA) is 107 Å². The van der Waals surface area contributed by atoms with E-state index in [0.717, 1.165) is 15.3 Å². The predicted octanol–water partition coefficient (Wildman–Crippen LogP) is 3.13. The Labute approximate surface area is 167 Å². The maximum absolute atomic E-state index is 13.0. The van der Waals surface area contributed by atoms with E-state index in [0.29, 0.717) is 17.9 Å². The average Bonchev–Trinajstić information content (AvgIpc) is 3.53. The molecule has 0 bridgehead atoms. The molecule has 0 radical (unpaired) electrons. The number of hydrazone groups is 1. The third-order valence-corrected chi connectivity index (χ3v) is 5.39. The number of carbonyl (C=O) groups excluding carboxylic acids is 1. The smallest absolute Gasteiger partial charge is 0.437 e. The molecule has 1 aliphatic heterocycles. The van der Waals surface area contributed by atoms with E-state index in [4.69, 9.17) is 13.3 Å². The molecule has 0 saturated heterocycles. The predicted molar refractivity (Wildman–Crippen MR) is 102 cm³/mol. The summed E-state index contributed by atoms with van der Waals surface area (Å²) in [6, 6.07) is 10.3. The number of nitrogens with zero attached hydrogens (tertiary/aromatic N) is 4. The first kappa shape index (κ1) is 17.4. The largest absolute Gasteiger partial charge is 0.467 e. The van der Waals surface area contributed by atoms with Crippen LogP contribution >= 0.6 is 11.3 Å². The second-order valence-electron chi connectivity index (χ2n) is 6.31. The van der Waals surface area contributed by atoms with Gasteiger partial charge >= 0.3 is 5.76 Å². The maximum atomic E-state index is 13.0. The van der Waals surface area contributed by atoms with Crippen LogP contribution in [0.15, 0.2) is 77.5 Å². The molecule has 1 atom stereocenters. The second-order valence-corrected chi connectivity index (χ2v) is 7.25. The molecule has 29 heavy (non-hydrogen) atoms. The van der Waals surface area contributed by atoms with Crippen molar-refractivity contribution in [3.8, 4) is 11.7 Å². The monoisotopic (exact) mass is 410 g/mol. The summed E-state index contributed by atoms with van der Waals surface area (Å²) in [4.78, 5) is 26.1. The van der Waals surface area contributed by atoms with Gasteiger partial charge in [-0.15, -0.1) is 16.4 Å². The molecule has 9 nitrogen and oxygen atoms in total. The van der Waals surface area contributed by atoms with Gasteiger partial charge in [0.25, 0.3) is 11.8 Å². The number of hydrogen-bond donors (Lipinski definition) is 0. The van der Waals surface area contributed by atoms with Crippen molar-refractivity contribution in [1.82, 2.24) is 14.8 Å². The Bertz CT molecular complexity index is 1200. The van der Waals surface area contributed by atoms with Crippen molar-refractivity contribution in [2.75, 3.05) is 0 Å². The lowest BCUT2D eigenvalue weighted by molar-refractivity contribution is -0.134. The highest BCUT2D eigenvalue weighted by Gasteiger charge is 2.35. The van der Waals surface area contributed by atoms with Crippen molar-refractivity contribution in [3.05, 3.63) is 75.5 Å². The minimum atomic E-state index is -0.749. The van der Waals surface area contributed by atoms with Gasteiger partial charge in [-0.05, 0) is 35.7 Å². The first-order chi connectivity index (χ1) is 14.2. The number of furan rings is 2. The Kier molecular flexibility index (Phi) is 4.24. The van der Waals surface area contributed by atoms with Crippen LogP contribution < -0.4 is 5.76 Å². The molecule has 4 aromatic rings. The minimum absolute atomic E-state index is 0.0135.